The summed E-state index contributed by atoms with van der Waals surface area (Å²) in [6.07, 6.45) is 0. The molecule has 0 fully saturated rings. The van der Waals surface area contributed by atoms with Crippen LogP contribution in [-0.2, 0) is 14.3 Å². The Morgan fingerprint density at radius 1 is 1.35 bits per heavy atom. The zero-order valence-corrected chi connectivity index (χ0v) is 10.6. The molecule has 17 heavy (non-hydrogen) atoms. The second-order valence-corrected chi connectivity index (χ2v) is 4.77. The Morgan fingerprint density at radius 2 is 2.00 bits per heavy atom. The highest BCUT2D eigenvalue weighted by atomic mass is 32.2. The highest BCUT2D eigenvalue weighted by Gasteiger charge is 2.16. The minimum Gasteiger partial charge on any atom is -0.455 e. The number of likely N-dealkylation sites (N-methyl/N-ethyl adjacent to an activating group) is 1. The summed E-state index contributed by atoms with van der Waals surface area (Å²) in [6, 6.07) is 9.58. The van der Waals surface area contributed by atoms with Crippen LogP contribution in [0.3, 0.4) is 0 Å². The van der Waals surface area contributed by atoms with Gasteiger partial charge in [0.05, 0.1) is 0 Å². The van der Waals surface area contributed by atoms with Gasteiger partial charge in [-0.1, -0.05) is 18.2 Å². The summed E-state index contributed by atoms with van der Waals surface area (Å²) in [5.41, 5.74) is 0. The topological polar surface area (TPSA) is 55.4 Å². The van der Waals surface area contributed by atoms with Gasteiger partial charge in [0.1, 0.15) is 5.25 Å². The number of carbonyl (C=O) groups excluding carboxylic acids is 2. The van der Waals surface area contributed by atoms with E-state index in [1.165, 1.54) is 18.8 Å². The van der Waals surface area contributed by atoms with Crippen LogP contribution in [0.5, 0.6) is 0 Å². The number of rotatable bonds is 5. The maximum Gasteiger partial charge on any atom is 0.319 e. The molecule has 0 aliphatic carbocycles. The number of esters is 1. The molecule has 0 radical (unpaired) electrons. The van der Waals surface area contributed by atoms with E-state index in [0.29, 0.717) is 0 Å². The van der Waals surface area contributed by atoms with Crippen molar-refractivity contribution in [2.75, 3.05) is 13.7 Å². The Bertz CT molecular complexity index is 381. The molecule has 0 spiro atoms. The predicted octanol–water partition coefficient (Wildman–Crippen LogP) is 1.46. The summed E-state index contributed by atoms with van der Waals surface area (Å²) < 4.78 is 4.86. The molecule has 0 saturated heterocycles. The molecule has 1 atom stereocenters. The number of amides is 1. The van der Waals surface area contributed by atoms with Crippen LogP contribution >= 0.6 is 11.8 Å². The van der Waals surface area contributed by atoms with Crippen molar-refractivity contribution in [2.45, 2.75) is 17.1 Å². The minimum absolute atomic E-state index is 0.227. The van der Waals surface area contributed by atoms with Crippen molar-refractivity contribution in [1.29, 1.82) is 0 Å². The number of hydrogen-bond donors (Lipinski definition) is 1. The van der Waals surface area contributed by atoms with Gasteiger partial charge in [0, 0.05) is 11.9 Å². The molecule has 1 amide bonds. The van der Waals surface area contributed by atoms with E-state index >= 15 is 0 Å². The van der Waals surface area contributed by atoms with Gasteiger partial charge in [0.2, 0.25) is 0 Å². The molecule has 0 bridgehead atoms. The minimum atomic E-state index is -0.387. The number of hydrogen-bond acceptors (Lipinski definition) is 4. The zero-order chi connectivity index (χ0) is 12.7. The Hall–Kier alpha value is -1.49. The number of carbonyl (C=O) groups is 2. The van der Waals surface area contributed by atoms with Gasteiger partial charge in [0.15, 0.2) is 6.61 Å². The van der Waals surface area contributed by atoms with E-state index in [9.17, 15) is 9.59 Å². The molecule has 1 rings (SSSR count). The molecule has 1 N–H and O–H groups in total. The van der Waals surface area contributed by atoms with Gasteiger partial charge in [-0.15, -0.1) is 11.8 Å². The summed E-state index contributed by atoms with van der Waals surface area (Å²) >= 11 is 1.40. The van der Waals surface area contributed by atoms with Crippen LogP contribution < -0.4 is 5.32 Å². The van der Waals surface area contributed by atoms with Crippen LogP contribution in [0.1, 0.15) is 6.92 Å². The first-order chi connectivity index (χ1) is 8.13. The molecule has 0 aliphatic heterocycles. The lowest BCUT2D eigenvalue weighted by molar-refractivity contribution is -0.147. The van der Waals surface area contributed by atoms with E-state index < -0.39 is 0 Å². The Morgan fingerprint density at radius 3 is 2.59 bits per heavy atom. The monoisotopic (exact) mass is 253 g/mol. The van der Waals surface area contributed by atoms with Gasteiger partial charge in [-0.25, -0.2) is 0 Å². The predicted molar refractivity (Wildman–Crippen MR) is 66.8 cm³/mol. The zero-order valence-electron chi connectivity index (χ0n) is 9.80. The van der Waals surface area contributed by atoms with Crippen molar-refractivity contribution < 1.29 is 14.3 Å². The average Bonchev–Trinajstić information content (AvgIpc) is 2.36. The molecule has 92 valence electrons. The van der Waals surface area contributed by atoms with E-state index in [2.05, 4.69) is 5.32 Å². The van der Waals surface area contributed by atoms with E-state index in [1.807, 2.05) is 30.3 Å². The summed E-state index contributed by atoms with van der Waals surface area (Å²) in [5.74, 6) is -0.697. The third-order valence-electron chi connectivity index (χ3n) is 2.01. The van der Waals surface area contributed by atoms with Gasteiger partial charge in [0.25, 0.3) is 5.91 Å². The summed E-state index contributed by atoms with van der Waals surface area (Å²) in [5, 5.41) is 2.05. The normalized spacial score (nSPS) is 11.6. The van der Waals surface area contributed by atoms with Gasteiger partial charge in [-0.2, -0.15) is 0 Å². The van der Waals surface area contributed by atoms with Crippen LogP contribution in [0.2, 0.25) is 0 Å². The largest absolute Gasteiger partial charge is 0.455 e. The standard InChI is InChI=1S/C12H15NO3S/c1-9(12(15)16-8-11(14)13-2)17-10-6-4-3-5-7-10/h3-7,9H,8H2,1-2H3,(H,13,14)/t9-/m0/s1. The highest BCUT2D eigenvalue weighted by molar-refractivity contribution is 8.00. The first-order valence-corrected chi connectivity index (χ1v) is 6.10. The third kappa shape index (κ3) is 4.91. The summed E-state index contributed by atoms with van der Waals surface area (Å²) in [7, 11) is 1.50. The van der Waals surface area contributed by atoms with Crippen molar-refractivity contribution in [3.05, 3.63) is 30.3 Å². The van der Waals surface area contributed by atoms with E-state index in [0.717, 1.165) is 4.90 Å². The number of thioether (sulfide) groups is 1. The van der Waals surface area contributed by atoms with Crippen LogP contribution in [0.25, 0.3) is 0 Å². The Kier molecular flexibility index (Phi) is 5.56. The van der Waals surface area contributed by atoms with Crippen LogP contribution in [0.15, 0.2) is 35.2 Å². The fourth-order valence-corrected chi connectivity index (χ4v) is 1.96. The fraction of sp³-hybridized carbons (Fsp3) is 0.333. The molecule has 1 aromatic rings. The number of benzene rings is 1. The maximum atomic E-state index is 11.5. The molecule has 5 heteroatoms. The van der Waals surface area contributed by atoms with Crippen LogP contribution in [0, 0.1) is 0 Å². The Labute approximate surface area is 105 Å². The molecule has 0 aromatic heterocycles. The highest BCUT2D eigenvalue weighted by Crippen LogP contribution is 2.23. The molecular formula is C12H15NO3S. The second-order valence-electron chi connectivity index (χ2n) is 3.35. The second kappa shape index (κ2) is 6.96. The van der Waals surface area contributed by atoms with Crippen molar-refractivity contribution in [3.8, 4) is 0 Å². The quantitative estimate of drug-likeness (QED) is 0.637. The van der Waals surface area contributed by atoms with Crippen molar-refractivity contribution in [3.63, 3.8) is 0 Å². The molecule has 0 saturated carbocycles. The van der Waals surface area contributed by atoms with Crippen LogP contribution in [-0.4, -0.2) is 30.8 Å². The van der Waals surface area contributed by atoms with Gasteiger partial charge >= 0.3 is 5.97 Å². The Balaban J connectivity index is 2.40. The first-order valence-electron chi connectivity index (χ1n) is 5.22. The lowest BCUT2D eigenvalue weighted by Crippen LogP contribution is -2.27. The van der Waals surface area contributed by atoms with Gasteiger partial charge in [-0.05, 0) is 19.1 Å². The van der Waals surface area contributed by atoms with Gasteiger partial charge in [-0.3, -0.25) is 9.59 Å². The summed E-state index contributed by atoms with van der Waals surface area (Å²) in [4.78, 5) is 23.4. The average molecular weight is 253 g/mol. The van der Waals surface area contributed by atoms with Crippen molar-refractivity contribution >= 4 is 23.6 Å². The third-order valence-corrected chi connectivity index (χ3v) is 3.10. The molecule has 1 aromatic carbocycles. The molecule has 0 aliphatic rings. The van der Waals surface area contributed by atoms with Crippen molar-refractivity contribution in [1.82, 2.24) is 5.32 Å². The van der Waals surface area contributed by atoms with E-state index in [4.69, 9.17) is 4.74 Å². The summed E-state index contributed by atoms with van der Waals surface area (Å²) in [6.45, 7) is 1.53. The van der Waals surface area contributed by atoms with Crippen LogP contribution in [0.4, 0.5) is 0 Å². The molecule has 0 heterocycles. The maximum absolute atomic E-state index is 11.5. The molecule has 0 unspecified atom stereocenters. The fourth-order valence-electron chi connectivity index (χ4n) is 1.08. The van der Waals surface area contributed by atoms with E-state index in [-0.39, 0.29) is 23.7 Å². The number of ether oxygens (including phenoxy) is 1. The lowest BCUT2D eigenvalue weighted by atomic mass is 10.4. The van der Waals surface area contributed by atoms with Gasteiger partial charge < -0.3 is 10.1 Å². The smallest absolute Gasteiger partial charge is 0.319 e. The number of nitrogens with one attached hydrogen (secondary N) is 1. The molecular weight excluding hydrogens is 238 g/mol. The van der Waals surface area contributed by atoms with E-state index in [1.54, 1.807) is 6.92 Å². The lowest BCUT2D eigenvalue weighted by Gasteiger charge is -2.10. The first kappa shape index (κ1) is 13.6. The van der Waals surface area contributed by atoms with Crippen molar-refractivity contribution in [2.24, 2.45) is 0 Å². The molecule has 4 nitrogen and oxygen atoms in total. The SMILES string of the molecule is CNC(=O)COC(=O)[C@H](C)Sc1ccccc1.